The fourth-order valence-corrected chi connectivity index (χ4v) is 1.25. The van der Waals surface area contributed by atoms with Gasteiger partial charge in [0, 0.05) is 17.7 Å². The van der Waals surface area contributed by atoms with Gasteiger partial charge in [-0.3, -0.25) is 10.1 Å². The topological polar surface area (TPSA) is 69.2 Å². The Balaban J connectivity index is 2.61. The molecule has 0 amide bonds. The molecular formula is C11H16N2O2. The van der Waals surface area contributed by atoms with E-state index in [4.69, 9.17) is 5.73 Å². The molecule has 0 aliphatic carbocycles. The van der Waals surface area contributed by atoms with Crippen LogP contribution in [0.5, 0.6) is 0 Å². The number of nitro groups is 1. The van der Waals surface area contributed by atoms with Crippen molar-refractivity contribution in [1.82, 2.24) is 0 Å². The average Bonchev–Trinajstić information content (AvgIpc) is 2.14. The molecule has 1 aromatic rings. The second kappa shape index (κ2) is 4.40. The van der Waals surface area contributed by atoms with Gasteiger partial charge in [-0.2, -0.15) is 0 Å². The molecule has 0 unspecified atom stereocenters. The van der Waals surface area contributed by atoms with E-state index in [2.05, 4.69) is 0 Å². The fraction of sp³-hybridized carbons (Fsp3) is 0.455. The molecule has 82 valence electrons. The summed E-state index contributed by atoms with van der Waals surface area (Å²) in [6.07, 6.45) is 1.71. The summed E-state index contributed by atoms with van der Waals surface area (Å²) in [5.41, 5.74) is 6.87. The van der Waals surface area contributed by atoms with Gasteiger partial charge >= 0.3 is 0 Å². The minimum Gasteiger partial charge on any atom is -0.326 e. The number of aryl methyl sites for hydroxylation is 1. The summed E-state index contributed by atoms with van der Waals surface area (Å²) in [6.45, 7) is 3.94. The number of nitrogens with two attached hydrogens (primary N) is 1. The molecule has 0 radical (unpaired) electrons. The van der Waals surface area contributed by atoms with Gasteiger partial charge in [0.1, 0.15) is 0 Å². The zero-order valence-electron chi connectivity index (χ0n) is 9.06. The first-order valence-electron chi connectivity index (χ1n) is 4.91. The highest BCUT2D eigenvalue weighted by atomic mass is 16.6. The van der Waals surface area contributed by atoms with Crippen molar-refractivity contribution in [1.29, 1.82) is 0 Å². The largest absolute Gasteiger partial charge is 0.326 e. The smallest absolute Gasteiger partial charge is 0.269 e. The van der Waals surface area contributed by atoms with Crippen molar-refractivity contribution in [3.8, 4) is 0 Å². The predicted octanol–water partition coefficient (Wildman–Crippen LogP) is 2.26. The minimum absolute atomic E-state index is 0.130. The molecule has 0 aromatic heterocycles. The summed E-state index contributed by atoms with van der Waals surface area (Å²) in [5, 5.41) is 10.4. The lowest BCUT2D eigenvalue weighted by Gasteiger charge is -2.17. The molecule has 15 heavy (non-hydrogen) atoms. The SMILES string of the molecule is CC(C)(N)CCc1ccc([N+](=O)[O-])cc1. The molecule has 0 bridgehead atoms. The van der Waals surface area contributed by atoms with Crippen LogP contribution < -0.4 is 5.73 Å². The lowest BCUT2D eigenvalue weighted by Crippen LogP contribution is -2.32. The van der Waals surface area contributed by atoms with Crippen molar-refractivity contribution in [2.75, 3.05) is 0 Å². The Bertz CT molecular complexity index is 339. The summed E-state index contributed by atoms with van der Waals surface area (Å²) >= 11 is 0. The fourth-order valence-electron chi connectivity index (χ4n) is 1.25. The van der Waals surface area contributed by atoms with Gasteiger partial charge in [0.25, 0.3) is 5.69 Å². The molecule has 2 N–H and O–H groups in total. The van der Waals surface area contributed by atoms with Crippen LogP contribution in [0.3, 0.4) is 0 Å². The summed E-state index contributed by atoms with van der Waals surface area (Å²) in [7, 11) is 0. The average molecular weight is 208 g/mol. The van der Waals surface area contributed by atoms with E-state index in [1.807, 2.05) is 13.8 Å². The molecule has 0 fully saturated rings. The standard InChI is InChI=1S/C11H16N2O2/c1-11(2,12)8-7-9-3-5-10(6-4-9)13(14)15/h3-6H,7-8,12H2,1-2H3. The Morgan fingerprint density at radius 3 is 2.27 bits per heavy atom. The van der Waals surface area contributed by atoms with Crippen LogP contribution in [0, 0.1) is 10.1 Å². The number of hydrogen-bond donors (Lipinski definition) is 1. The van der Waals surface area contributed by atoms with Gasteiger partial charge in [0.05, 0.1) is 4.92 Å². The van der Waals surface area contributed by atoms with Crippen molar-refractivity contribution in [3.05, 3.63) is 39.9 Å². The Labute approximate surface area is 89.2 Å². The second-order valence-electron chi connectivity index (χ2n) is 4.41. The lowest BCUT2D eigenvalue weighted by molar-refractivity contribution is -0.384. The summed E-state index contributed by atoms with van der Waals surface area (Å²) in [6, 6.07) is 6.62. The third-order valence-electron chi connectivity index (χ3n) is 2.21. The predicted molar refractivity (Wildman–Crippen MR) is 59.7 cm³/mol. The lowest BCUT2D eigenvalue weighted by atomic mass is 9.96. The van der Waals surface area contributed by atoms with Crippen molar-refractivity contribution in [2.24, 2.45) is 5.73 Å². The quantitative estimate of drug-likeness (QED) is 0.609. The van der Waals surface area contributed by atoms with Gasteiger partial charge in [0.2, 0.25) is 0 Å². The highest BCUT2D eigenvalue weighted by Crippen LogP contribution is 2.15. The van der Waals surface area contributed by atoms with E-state index in [0.717, 1.165) is 18.4 Å². The third kappa shape index (κ3) is 4.08. The van der Waals surface area contributed by atoms with Gasteiger partial charge in [0.15, 0.2) is 0 Å². The van der Waals surface area contributed by atoms with Crippen molar-refractivity contribution >= 4 is 5.69 Å². The second-order valence-corrected chi connectivity index (χ2v) is 4.41. The van der Waals surface area contributed by atoms with Crippen molar-refractivity contribution in [3.63, 3.8) is 0 Å². The first-order valence-corrected chi connectivity index (χ1v) is 4.91. The third-order valence-corrected chi connectivity index (χ3v) is 2.21. The van der Waals surface area contributed by atoms with Crippen molar-refractivity contribution < 1.29 is 4.92 Å². The van der Waals surface area contributed by atoms with Crippen LogP contribution in [-0.4, -0.2) is 10.5 Å². The van der Waals surface area contributed by atoms with E-state index in [1.54, 1.807) is 12.1 Å². The first-order chi connectivity index (χ1) is 6.88. The van der Waals surface area contributed by atoms with E-state index >= 15 is 0 Å². The van der Waals surface area contributed by atoms with E-state index in [1.165, 1.54) is 12.1 Å². The number of nitro benzene ring substituents is 1. The maximum Gasteiger partial charge on any atom is 0.269 e. The van der Waals surface area contributed by atoms with Crippen LogP contribution in [0.1, 0.15) is 25.8 Å². The first kappa shape index (κ1) is 11.7. The molecule has 0 heterocycles. The molecule has 0 atom stereocenters. The molecule has 1 rings (SSSR count). The number of non-ortho nitro benzene ring substituents is 1. The highest BCUT2D eigenvalue weighted by Gasteiger charge is 2.11. The zero-order valence-corrected chi connectivity index (χ0v) is 9.06. The highest BCUT2D eigenvalue weighted by molar-refractivity contribution is 5.32. The molecule has 0 aliphatic rings. The molecule has 1 aromatic carbocycles. The Morgan fingerprint density at radius 1 is 1.33 bits per heavy atom. The van der Waals surface area contributed by atoms with Crippen LogP contribution in [-0.2, 0) is 6.42 Å². The number of rotatable bonds is 4. The molecule has 0 aliphatic heterocycles. The number of hydrogen-bond acceptors (Lipinski definition) is 3. The molecule has 0 spiro atoms. The molecule has 0 saturated carbocycles. The number of nitrogens with zero attached hydrogens (tertiary/aromatic N) is 1. The zero-order chi connectivity index (χ0) is 11.5. The van der Waals surface area contributed by atoms with Crippen LogP contribution in [0.15, 0.2) is 24.3 Å². The van der Waals surface area contributed by atoms with E-state index in [0.29, 0.717) is 0 Å². The summed E-state index contributed by atoms with van der Waals surface area (Å²) < 4.78 is 0. The van der Waals surface area contributed by atoms with Gasteiger partial charge in [-0.15, -0.1) is 0 Å². The Morgan fingerprint density at radius 2 is 1.87 bits per heavy atom. The normalized spacial score (nSPS) is 11.4. The molecule has 4 nitrogen and oxygen atoms in total. The van der Waals surface area contributed by atoms with Gasteiger partial charge in [-0.25, -0.2) is 0 Å². The monoisotopic (exact) mass is 208 g/mol. The molecule has 0 saturated heterocycles. The van der Waals surface area contributed by atoms with E-state index in [-0.39, 0.29) is 11.2 Å². The van der Waals surface area contributed by atoms with Crippen molar-refractivity contribution in [2.45, 2.75) is 32.2 Å². The van der Waals surface area contributed by atoms with Crippen LogP contribution in [0.2, 0.25) is 0 Å². The van der Waals surface area contributed by atoms with Gasteiger partial charge in [-0.05, 0) is 32.3 Å². The van der Waals surface area contributed by atoms with Gasteiger partial charge < -0.3 is 5.73 Å². The van der Waals surface area contributed by atoms with E-state index in [9.17, 15) is 10.1 Å². The minimum atomic E-state index is -0.392. The summed E-state index contributed by atoms with van der Waals surface area (Å²) in [4.78, 5) is 10.0. The number of benzene rings is 1. The van der Waals surface area contributed by atoms with Crippen LogP contribution in [0.25, 0.3) is 0 Å². The van der Waals surface area contributed by atoms with Gasteiger partial charge in [-0.1, -0.05) is 12.1 Å². The Hall–Kier alpha value is -1.42. The van der Waals surface area contributed by atoms with Crippen LogP contribution >= 0.6 is 0 Å². The van der Waals surface area contributed by atoms with Crippen LogP contribution in [0.4, 0.5) is 5.69 Å². The maximum absolute atomic E-state index is 10.4. The summed E-state index contributed by atoms with van der Waals surface area (Å²) in [5.74, 6) is 0. The maximum atomic E-state index is 10.4. The molecular weight excluding hydrogens is 192 g/mol. The Kier molecular flexibility index (Phi) is 3.42. The van der Waals surface area contributed by atoms with E-state index < -0.39 is 4.92 Å². The molecule has 4 heteroatoms.